The van der Waals surface area contributed by atoms with E-state index in [1.54, 1.807) is 0 Å². The minimum atomic E-state index is -1.37. The van der Waals surface area contributed by atoms with Crippen LogP contribution in [-0.2, 0) is 0 Å². The molecule has 0 amide bonds. The Kier molecular flexibility index (Phi) is 5.00. The van der Waals surface area contributed by atoms with Gasteiger partial charge in [-0.2, -0.15) is 0 Å². The molecule has 1 aliphatic heterocycles. The van der Waals surface area contributed by atoms with Gasteiger partial charge in [-0.25, -0.2) is 0 Å². The minimum absolute atomic E-state index is 0.187. The van der Waals surface area contributed by atoms with Crippen LogP contribution >= 0.6 is 0 Å². The Hall–Kier alpha value is -1.42. The van der Waals surface area contributed by atoms with Crippen molar-refractivity contribution in [2.24, 2.45) is 0 Å². The number of hydrogen-bond donors (Lipinski definition) is 1. The summed E-state index contributed by atoms with van der Waals surface area (Å²) in [6.07, 6.45) is 1.23. The third-order valence-electron chi connectivity index (χ3n) is 4.76. The lowest BCUT2D eigenvalue weighted by atomic mass is 10.1. The molecule has 1 heterocycles. The van der Waals surface area contributed by atoms with Gasteiger partial charge in [-0.3, -0.25) is 4.90 Å². The topological polar surface area (TPSA) is 15.3 Å². The molecular weight excluding hydrogens is 296 g/mol. The van der Waals surface area contributed by atoms with Gasteiger partial charge in [0.25, 0.3) is 0 Å². The van der Waals surface area contributed by atoms with E-state index in [1.807, 2.05) is 0 Å². The summed E-state index contributed by atoms with van der Waals surface area (Å²) in [4.78, 5) is 2.69. The molecule has 2 aromatic rings. The van der Waals surface area contributed by atoms with Gasteiger partial charge in [0.2, 0.25) is 0 Å². The number of hydrogen-bond acceptors (Lipinski definition) is 2. The van der Waals surface area contributed by atoms with E-state index in [0.29, 0.717) is 5.79 Å². The van der Waals surface area contributed by atoms with Crippen LogP contribution in [0, 0.1) is 0 Å². The number of nitrogens with one attached hydrogen (secondary N) is 1. The van der Waals surface area contributed by atoms with E-state index >= 15 is 0 Å². The van der Waals surface area contributed by atoms with E-state index in [9.17, 15) is 0 Å². The summed E-state index contributed by atoms with van der Waals surface area (Å²) in [5.41, 5.74) is 0.187. The van der Waals surface area contributed by atoms with Gasteiger partial charge in [-0.1, -0.05) is 71.0 Å². The largest absolute Gasteiger partial charge is 0.304 e. The summed E-state index contributed by atoms with van der Waals surface area (Å²) in [7, 11) is -1.37. The molecule has 1 aliphatic rings. The van der Waals surface area contributed by atoms with Gasteiger partial charge in [-0.05, 0) is 33.7 Å². The van der Waals surface area contributed by atoms with Crippen LogP contribution < -0.4 is 15.7 Å². The fraction of sp³-hybridized carbons (Fsp3) is 0.400. The van der Waals surface area contributed by atoms with Crippen LogP contribution in [0.15, 0.2) is 60.7 Å². The lowest BCUT2D eigenvalue weighted by molar-refractivity contribution is 0.0777. The second kappa shape index (κ2) is 6.99. The molecule has 122 valence electrons. The quantitative estimate of drug-likeness (QED) is 0.869. The van der Waals surface area contributed by atoms with Crippen LogP contribution in [0.1, 0.15) is 27.2 Å². The average Bonchev–Trinajstić information content (AvgIpc) is 2.57. The van der Waals surface area contributed by atoms with Crippen LogP contribution in [0.25, 0.3) is 0 Å². The first kappa shape index (κ1) is 16.4. The maximum absolute atomic E-state index is 3.86. The van der Waals surface area contributed by atoms with Crippen molar-refractivity contribution in [2.45, 2.75) is 38.5 Å². The first-order valence-corrected chi connectivity index (χ1v) is 10.5. The summed E-state index contributed by atoms with van der Waals surface area (Å²) < 4.78 is 0. The molecule has 1 fully saturated rings. The van der Waals surface area contributed by atoms with E-state index in [1.165, 1.54) is 23.3 Å². The van der Waals surface area contributed by atoms with Crippen molar-refractivity contribution in [3.63, 3.8) is 0 Å². The van der Waals surface area contributed by atoms with E-state index in [0.717, 1.165) is 6.54 Å². The fourth-order valence-corrected chi connectivity index (χ4v) is 7.42. The fourth-order valence-electron chi connectivity index (χ4n) is 3.68. The monoisotopic (exact) mass is 324 g/mol. The highest BCUT2D eigenvalue weighted by molar-refractivity contribution is 6.86. The van der Waals surface area contributed by atoms with Crippen molar-refractivity contribution in [3.05, 3.63) is 60.7 Å². The molecule has 1 N–H and O–H groups in total. The van der Waals surface area contributed by atoms with Crippen molar-refractivity contribution in [3.8, 4) is 0 Å². The van der Waals surface area contributed by atoms with Gasteiger partial charge < -0.3 is 5.32 Å². The second-order valence-corrected chi connectivity index (χ2v) is 10.3. The predicted octanol–water partition coefficient (Wildman–Crippen LogP) is 1.99. The van der Waals surface area contributed by atoms with Crippen molar-refractivity contribution >= 4 is 19.2 Å². The van der Waals surface area contributed by atoms with Crippen molar-refractivity contribution in [2.75, 3.05) is 13.1 Å². The molecule has 0 saturated carbocycles. The van der Waals surface area contributed by atoms with Gasteiger partial charge in [-0.15, -0.1) is 0 Å². The van der Waals surface area contributed by atoms with Gasteiger partial charge in [0, 0.05) is 12.1 Å². The molecule has 0 aromatic heterocycles. The molecule has 3 rings (SSSR count). The third-order valence-corrected chi connectivity index (χ3v) is 8.19. The predicted molar refractivity (Wildman–Crippen MR) is 102 cm³/mol. The highest BCUT2D eigenvalue weighted by atomic mass is 28.3. The van der Waals surface area contributed by atoms with E-state index < -0.39 is 8.80 Å². The molecule has 0 bridgehead atoms. The molecule has 2 aromatic carbocycles. The SMILES string of the molecule is CC(C)(C)N1CCCNC1[SiH](c1ccccc1)c1ccccc1. The lowest BCUT2D eigenvalue weighted by Crippen LogP contribution is -2.70. The molecule has 0 radical (unpaired) electrons. The smallest absolute Gasteiger partial charge is 0.137 e. The molecular formula is C20H28N2Si. The Labute approximate surface area is 142 Å². The van der Waals surface area contributed by atoms with Gasteiger partial charge >= 0.3 is 0 Å². The summed E-state index contributed by atoms with van der Waals surface area (Å²) in [5, 5.41) is 6.90. The molecule has 1 atom stereocenters. The Morgan fingerprint density at radius 1 is 0.913 bits per heavy atom. The van der Waals surface area contributed by atoms with E-state index in [2.05, 4.69) is 91.7 Å². The van der Waals surface area contributed by atoms with Crippen molar-refractivity contribution in [1.29, 1.82) is 0 Å². The van der Waals surface area contributed by atoms with Gasteiger partial charge in [0.15, 0.2) is 0 Å². The number of nitrogens with zero attached hydrogens (tertiary/aromatic N) is 1. The lowest BCUT2D eigenvalue weighted by Gasteiger charge is -2.48. The van der Waals surface area contributed by atoms with Crippen LogP contribution in [0.3, 0.4) is 0 Å². The van der Waals surface area contributed by atoms with Crippen LogP contribution in [-0.4, -0.2) is 38.1 Å². The summed E-state index contributed by atoms with van der Waals surface area (Å²) in [6, 6.07) is 22.3. The number of rotatable bonds is 3. The molecule has 2 nitrogen and oxygen atoms in total. The van der Waals surface area contributed by atoms with Crippen molar-refractivity contribution < 1.29 is 0 Å². The summed E-state index contributed by atoms with van der Waals surface area (Å²) in [5.74, 6) is 0.466. The maximum Gasteiger partial charge on any atom is 0.137 e. The Bertz CT molecular complexity index is 567. The molecule has 1 saturated heterocycles. The highest BCUT2D eigenvalue weighted by Gasteiger charge is 2.37. The van der Waals surface area contributed by atoms with Crippen LogP contribution in [0.4, 0.5) is 0 Å². The molecule has 3 heteroatoms. The average molecular weight is 325 g/mol. The standard InChI is InChI=1S/C20H28N2Si/c1-20(2,3)22-16-10-15-21-19(22)23(17-11-6-4-7-12-17)18-13-8-5-9-14-18/h4-9,11-14,19,21,23H,10,15-16H2,1-3H3. The van der Waals surface area contributed by atoms with Crippen molar-refractivity contribution in [1.82, 2.24) is 10.2 Å². The molecule has 23 heavy (non-hydrogen) atoms. The van der Waals surface area contributed by atoms with Crippen LogP contribution in [0.2, 0.25) is 0 Å². The molecule has 0 aliphatic carbocycles. The van der Waals surface area contributed by atoms with Crippen LogP contribution in [0.5, 0.6) is 0 Å². The Morgan fingerprint density at radius 2 is 1.43 bits per heavy atom. The normalized spacial score (nSPS) is 19.9. The second-order valence-electron chi connectivity index (χ2n) is 7.42. The number of benzene rings is 2. The first-order chi connectivity index (χ1) is 11.1. The van der Waals surface area contributed by atoms with Gasteiger partial charge in [0.1, 0.15) is 8.80 Å². The maximum atomic E-state index is 3.86. The Morgan fingerprint density at radius 3 is 1.91 bits per heavy atom. The van der Waals surface area contributed by atoms with E-state index in [-0.39, 0.29) is 5.54 Å². The zero-order valence-corrected chi connectivity index (χ0v) is 15.7. The highest BCUT2D eigenvalue weighted by Crippen LogP contribution is 2.20. The van der Waals surface area contributed by atoms with E-state index in [4.69, 9.17) is 0 Å². The summed E-state index contributed by atoms with van der Waals surface area (Å²) in [6.45, 7) is 9.34. The third kappa shape index (κ3) is 3.74. The molecule has 1 unspecified atom stereocenters. The molecule has 0 spiro atoms. The van der Waals surface area contributed by atoms with Gasteiger partial charge in [0.05, 0.1) is 5.79 Å². The zero-order valence-electron chi connectivity index (χ0n) is 14.5. The minimum Gasteiger partial charge on any atom is -0.304 e. The first-order valence-electron chi connectivity index (χ1n) is 8.67. The summed E-state index contributed by atoms with van der Waals surface area (Å²) >= 11 is 0. The Balaban J connectivity index is 2.04. The zero-order chi connectivity index (χ0) is 16.3.